The molecule has 0 radical (unpaired) electrons. The zero-order valence-corrected chi connectivity index (χ0v) is 24.4. The Hall–Kier alpha value is -3.21. The normalized spacial score (nSPS) is 21.3. The third-order valence-corrected chi connectivity index (χ3v) is 8.95. The summed E-state index contributed by atoms with van der Waals surface area (Å²) in [5.41, 5.74) is 1.99. The summed E-state index contributed by atoms with van der Waals surface area (Å²) in [5, 5.41) is 4.08. The number of fused-ring (bicyclic) bond motifs is 3. The van der Waals surface area contributed by atoms with Crippen LogP contribution in [0.2, 0.25) is 0 Å². The third-order valence-electron chi connectivity index (χ3n) is 8.01. The molecule has 0 spiro atoms. The lowest BCUT2D eigenvalue weighted by Gasteiger charge is -2.36. The van der Waals surface area contributed by atoms with Gasteiger partial charge in [0.15, 0.2) is 0 Å². The summed E-state index contributed by atoms with van der Waals surface area (Å²) in [6, 6.07) is 4.50. The molecule has 0 aromatic carbocycles. The number of aryl methyl sites for hydroxylation is 1. The Morgan fingerprint density at radius 3 is 2.49 bits per heavy atom. The Labute approximate surface area is 235 Å². The minimum atomic E-state index is -0.496. The highest BCUT2D eigenvalue weighted by Crippen LogP contribution is 2.36. The van der Waals surface area contributed by atoms with Gasteiger partial charge in [0.25, 0.3) is 5.56 Å². The lowest BCUT2D eigenvalue weighted by molar-refractivity contribution is 0.0214. The molecule has 3 aromatic heterocycles. The Kier molecular flexibility index (Phi) is 6.52. The Morgan fingerprint density at radius 1 is 1.08 bits per heavy atom. The second kappa shape index (κ2) is 9.76. The van der Waals surface area contributed by atoms with E-state index in [1.165, 1.54) is 0 Å². The Bertz CT molecular complexity index is 1480. The minimum absolute atomic E-state index is 0.0378. The van der Waals surface area contributed by atoms with Crippen LogP contribution in [-0.4, -0.2) is 61.3 Å². The molecule has 2 unspecified atom stereocenters. The van der Waals surface area contributed by atoms with Crippen LogP contribution in [0, 0.1) is 6.92 Å². The molecule has 2 bridgehead atoms. The molecule has 2 atom stereocenters. The van der Waals surface area contributed by atoms with Crippen LogP contribution in [0.15, 0.2) is 33.8 Å². The SMILES string of the molecule is Cc1c(Br)c(=O)n(C2CCCC2)c2nc(Nc3ccc(N4CC5CC4CN5C(=O)OC(C)(C)C)cn3)ncc12. The first-order valence-corrected chi connectivity index (χ1v) is 14.4. The van der Waals surface area contributed by atoms with Gasteiger partial charge in [-0.3, -0.25) is 9.36 Å². The molecule has 39 heavy (non-hydrogen) atoms. The molecule has 2 saturated heterocycles. The van der Waals surface area contributed by atoms with Gasteiger partial charge in [-0.2, -0.15) is 4.98 Å². The van der Waals surface area contributed by atoms with Crippen molar-refractivity contribution in [3.05, 3.63) is 44.9 Å². The second-order valence-electron chi connectivity index (χ2n) is 11.8. The molecule has 1 N–H and O–H groups in total. The highest BCUT2D eigenvalue weighted by Gasteiger charge is 2.46. The number of rotatable bonds is 4. The van der Waals surface area contributed by atoms with E-state index in [0.717, 1.165) is 55.3 Å². The average molecular weight is 597 g/mol. The lowest BCUT2D eigenvalue weighted by Crippen LogP contribution is -2.50. The van der Waals surface area contributed by atoms with E-state index in [0.29, 0.717) is 28.4 Å². The van der Waals surface area contributed by atoms with Crippen molar-refractivity contribution in [2.75, 3.05) is 23.3 Å². The largest absolute Gasteiger partial charge is 0.444 e. The second-order valence-corrected chi connectivity index (χ2v) is 12.6. The fourth-order valence-electron chi connectivity index (χ4n) is 6.13. The van der Waals surface area contributed by atoms with Gasteiger partial charge in [-0.15, -0.1) is 0 Å². The first-order chi connectivity index (χ1) is 18.6. The number of ether oxygens (including phenoxy) is 1. The number of nitrogens with zero attached hydrogens (tertiary/aromatic N) is 6. The quantitative estimate of drug-likeness (QED) is 0.432. The number of piperazine rings is 1. The maximum absolute atomic E-state index is 13.2. The first kappa shape index (κ1) is 26.0. The average Bonchev–Trinajstić information content (AvgIpc) is 3.65. The molecule has 11 heteroatoms. The van der Waals surface area contributed by atoms with Crippen LogP contribution < -0.4 is 15.8 Å². The third kappa shape index (κ3) is 4.85. The number of anilines is 3. The monoisotopic (exact) mass is 595 g/mol. The summed E-state index contributed by atoms with van der Waals surface area (Å²) < 4.78 is 8.00. The standard InChI is InChI=1S/C28H34BrN7O3/c1-16-21-13-31-26(33-24(21)36(25(37)23(16)29)17-7-5-6-8-17)32-22-10-9-18(12-30-22)34-14-20-11-19(34)15-35(20)27(38)39-28(2,3)4/h9-10,12-13,17,19-20H,5-8,11,14-15H2,1-4H3,(H,30,31,32,33). The molecule has 206 valence electrons. The molecular formula is C28H34BrN7O3. The molecule has 3 aromatic rings. The zero-order chi connectivity index (χ0) is 27.5. The minimum Gasteiger partial charge on any atom is -0.444 e. The Balaban J connectivity index is 1.19. The fraction of sp³-hybridized carbons (Fsp3) is 0.536. The van der Waals surface area contributed by atoms with E-state index in [1.54, 1.807) is 6.20 Å². The summed E-state index contributed by atoms with van der Waals surface area (Å²) in [6.07, 6.45) is 8.52. The van der Waals surface area contributed by atoms with Crippen LogP contribution in [0.4, 0.5) is 22.2 Å². The molecule has 1 amide bonds. The smallest absolute Gasteiger partial charge is 0.410 e. The van der Waals surface area contributed by atoms with Crippen LogP contribution in [-0.2, 0) is 4.74 Å². The number of likely N-dealkylation sites (tertiary alicyclic amines) is 1. The number of amides is 1. The molecule has 10 nitrogen and oxygen atoms in total. The number of hydrogen-bond donors (Lipinski definition) is 1. The molecular weight excluding hydrogens is 562 g/mol. The summed E-state index contributed by atoms with van der Waals surface area (Å²) >= 11 is 3.49. The van der Waals surface area contributed by atoms with E-state index >= 15 is 0 Å². The highest BCUT2D eigenvalue weighted by atomic mass is 79.9. The van der Waals surface area contributed by atoms with Gasteiger partial charge in [0.1, 0.15) is 17.1 Å². The number of carbonyl (C=O) groups is 1. The van der Waals surface area contributed by atoms with Crippen molar-refractivity contribution in [3.63, 3.8) is 0 Å². The van der Waals surface area contributed by atoms with Gasteiger partial charge in [-0.25, -0.2) is 14.8 Å². The number of hydrogen-bond acceptors (Lipinski definition) is 8. The maximum Gasteiger partial charge on any atom is 0.410 e. The molecule has 1 aliphatic carbocycles. The van der Waals surface area contributed by atoms with Crippen LogP contribution in [0.5, 0.6) is 0 Å². The summed E-state index contributed by atoms with van der Waals surface area (Å²) in [5.74, 6) is 1.03. The van der Waals surface area contributed by atoms with Gasteiger partial charge in [0.2, 0.25) is 5.95 Å². The van der Waals surface area contributed by atoms with Gasteiger partial charge in [0.05, 0.1) is 22.4 Å². The van der Waals surface area contributed by atoms with Gasteiger partial charge >= 0.3 is 6.09 Å². The first-order valence-electron chi connectivity index (χ1n) is 13.7. The van der Waals surface area contributed by atoms with E-state index in [1.807, 2.05) is 55.5 Å². The predicted molar refractivity (Wildman–Crippen MR) is 154 cm³/mol. The predicted octanol–water partition coefficient (Wildman–Crippen LogP) is 5.31. The molecule has 1 saturated carbocycles. The van der Waals surface area contributed by atoms with Gasteiger partial charge < -0.3 is 19.9 Å². The maximum atomic E-state index is 13.2. The van der Waals surface area contributed by atoms with Crippen molar-refractivity contribution in [2.45, 2.75) is 83.5 Å². The van der Waals surface area contributed by atoms with E-state index in [4.69, 9.17) is 9.72 Å². The molecule has 2 aliphatic heterocycles. The number of aromatic nitrogens is 4. The number of pyridine rings is 2. The van der Waals surface area contributed by atoms with Gasteiger partial charge in [-0.05, 0) is 80.6 Å². The molecule has 5 heterocycles. The van der Waals surface area contributed by atoms with Crippen molar-refractivity contribution in [2.24, 2.45) is 0 Å². The molecule has 6 rings (SSSR count). The zero-order valence-electron chi connectivity index (χ0n) is 22.8. The summed E-state index contributed by atoms with van der Waals surface area (Å²) in [4.78, 5) is 43.9. The van der Waals surface area contributed by atoms with E-state index in [2.05, 4.69) is 36.1 Å². The summed E-state index contributed by atoms with van der Waals surface area (Å²) in [6.45, 7) is 9.02. The van der Waals surface area contributed by atoms with E-state index in [9.17, 15) is 9.59 Å². The summed E-state index contributed by atoms with van der Waals surface area (Å²) in [7, 11) is 0. The van der Waals surface area contributed by atoms with Crippen LogP contribution >= 0.6 is 15.9 Å². The molecule has 3 fully saturated rings. The van der Waals surface area contributed by atoms with Crippen LogP contribution in [0.1, 0.15) is 64.5 Å². The number of carbonyl (C=O) groups excluding carboxylic acids is 1. The fourth-order valence-corrected chi connectivity index (χ4v) is 6.54. The van der Waals surface area contributed by atoms with Gasteiger partial charge in [0, 0.05) is 36.8 Å². The van der Waals surface area contributed by atoms with E-state index in [-0.39, 0.29) is 29.8 Å². The molecule has 3 aliphatic rings. The van der Waals surface area contributed by atoms with Gasteiger partial charge in [-0.1, -0.05) is 12.8 Å². The van der Waals surface area contributed by atoms with Crippen LogP contribution in [0.3, 0.4) is 0 Å². The van der Waals surface area contributed by atoms with Crippen molar-refractivity contribution in [3.8, 4) is 0 Å². The number of halogens is 1. The van der Waals surface area contributed by atoms with Crippen molar-refractivity contribution >= 4 is 50.5 Å². The number of nitrogens with one attached hydrogen (secondary N) is 1. The lowest BCUT2D eigenvalue weighted by atomic mass is 10.1. The van der Waals surface area contributed by atoms with Crippen LogP contribution in [0.25, 0.3) is 11.0 Å². The van der Waals surface area contributed by atoms with Crippen molar-refractivity contribution in [1.82, 2.24) is 24.4 Å². The highest BCUT2D eigenvalue weighted by molar-refractivity contribution is 9.10. The Morgan fingerprint density at radius 2 is 1.85 bits per heavy atom. The van der Waals surface area contributed by atoms with E-state index < -0.39 is 5.60 Å². The van der Waals surface area contributed by atoms with Crippen molar-refractivity contribution < 1.29 is 9.53 Å². The topological polar surface area (TPSA) is 105 Å². The van der Waals surface area contributed by atoms with Crippen molar-refractivity contribution in [1.29, 1.82) is 0 Å².